The quantitative estimate of drug-likeness (QED) is 0.826. The summed E-state index contributed by atoms with van der Waals surface area (Å²) >= 11 is 0. The van der Waals surface area contributed by atoms with E-state index in [9.17, 15) is 0 Å². The number of hydrogen-bond acceptors (Lipinski definition) is 4. The Hall–Kier alpha value is -1.26. The maximum atomic E-state index is 5.47. The van der Waals surface area contributed by atoms with Gasteiger partial charge in [-0.25, -0.2) is 0 Å². The van der Waals surface area contributed by atoms with E-state index < -0.39 is 0 Å². The van der Waals surface area contributed by atoms with Gasteiger partial charge in [-0.3, -0.25) is 0 Å². The van der Waals surface area contributed by atoms with Crippen molar-refractivity contribution >= 4 is 0 Å². The molecule has 1 aliphatic rings. The highest BCUT2D eigenvalue weighted by atomic mass is 16.7. The molecule has 2 atom stereocenters. The van der Waals surface area contributed by atoms with Crippen molar-refractivity contribution in [3.05, 3.63) is 23.8 Å². The van der Waals surface area contributed by atoms with E-state index >= 15 is 0 Å². The Kier molecular flexibility index (Phi) is 4.66. The van der Waals surface area contributed by atoms with Crippen molar-refractivity contribution < 1.29 is 9.47 Å². The summed E-state index contributed by atoms with van der Waals surface area (Å²) < 4.78 is 10.8. The third kappa shape index (κ3) is 3.01. The smallest absolute Gasteiger partial charge is 0.231 e. The van der Waals surface area contributed by atoms with Crippen molar-refractivity contribution in [3.63, 3.8) is 0 Å². The van der Waals surface area contributed by atoms with Gasteiger partial charge in [0.25, 0.3) is 0 Å². The van der Waals surface area contributed by atoms with E-state index in [1.165, 1.54) is 5.56 Å². The summed E-state index contributed by atoms with van der Waals surface area (Å²) in [5.74, 6) is 2.81. The van der Waals surface area contributed by atoms with E-state index in [4.69, 9.17) is 9.47 Å². The van der Waals surface area contributed by atoms with Gasteiger partial charge in [0.1, 0.15) is 0 Å². The number of hydrogen-bond donors (Lipinski definition) is 2. The largest absolute Gasteiger partial charge is 0.454 e. The Balaban J connectivity index is 2.25. The van der Waals surface area contributed by atoms with Crippen LogP contribution >= 0.6 is 0 Å². The lowest BCUT2D eigenvalue weighted by molar-refractivity contribution is 0.174. The zero-order valence-corrected chi connectivity index (χ0v) is 12.2. The van der Waals surface area contributed by atoms with Crippen LogP contribution in [0, 0.1) is 11.8 Å². The predicted molar refractivity (Wildman–Crippen MR) is 76.6 cm³/mol. The van der Waals surface area contributed by atoms with Crippen molar-refractivity contribution in [2.24, 2.45) is 11.8 Å². The molecule has 0 amide bonds. The van der Waals surface area contributed by atoms with Crippen molar-refractivity contribution in [1.29, 1.82) is 0 Å². The predicted octanol–water partition coefficient (Wildman–Crippen LogP) is 2.17. The lowest BCUT2D eigenvalue weighted by atomic mass is 9.84. The van der Waals surface area contributed by atoms with E-state index in [-0.39, 0.29) is 0 Å². The molecule has 4 nitrogen and oxygen atoms in total. The minimum absolute atomic E-state index is 0.307. The molecule has 2 rings (SSSR count). The molecule has 2 N–H and O–H groups in total. The third-order valence-electron chi connectivity index (χ3n) is 3.79. The molecule has 2 unspecified atom stereocenters. The fourth-order valence-corrected chi connectivity index (χ4v) is 2.71. The van der Waals surface area contributed by atoms with Gasteiger partial charge in [0.05, 0.1) is 0 Å². The summed E-state index contributed by atoms with van der Waals surface area (Å²) in [7, 11) is 4.02. The minimum Gasteiger partial charge on any atom is -0.454 e. The Labute approximate surface area is 115 Å². The first kappa shape index (κ1) is 14.2. The lowest BCUT2D eigenvalue weighted by Gasteiger charge is -2.30. The van der Waals surface area contributed by atoms with Crippen LogP contribution in [0.2, 0.25) is 0 Å². The van der Waals surface area contributed by atoms with E-state index in [2.05, 4.69) is 36.6 Å². The minimum atomic E-state index is 0.307. The number of ether oxygens (including phenoxy) is 2. The maximum Gasteiger partial charge on any atom is 0.231 e. The SMILES string of the molecule is CNCC(C(C)C)C(NC)c1ccc2c(c1)OCO2. The van der Waals surface area contributed by atoms with Crippen LogP contribution < -0.4 is 20.1 Å². The maximum absolute atomic E-state index is 5.47. The van der Waals surface area contributed by atoms with Crippen LogP contribution in [0.15, 0.2) is 18.2 Å². The second-order valence-corrected chi connectivity index (χ2v) is 5.34. The van der Waals surface area contributed by atoms with Crippen LogP contribution in [-0.4, -0.2) is 27.4 Å². The second-order valence-electron chi connectivity index (χ2n) is 5.34. The van der Waals surface area contributed by atoms with Gasteiger partial charge in [0.2, 0.25) is 6.79 Å². The average molecular weight is 264 g/mol. The summed E-state index contributed by atoms with van der Waals surface area (Å²) in [6.45, 7) is 5.84. The van der Waals surface area contributed by atoms with Crippen molar-refractivity contribution in [2.45, 2.75) is 19.9 Å². The van der Waals surface area contributed by atoms with Crippen LogP contribution in [0.1, 0.15) is 25.5 Å². The molecule has 4 heteroatoms. The topological polar surface area (TPSA) is 42.5 Å². The Morgan fingerprint density at radius 3 is 2.53 bits per heavy atom. The van der Waals surface area contributed by atoms with Gasteiger partial charge >= 0.3 is 0 Å². The number of nitrogens with one attached hydrogen (secondary N) is 2. The van der Waals surface area contributed by atoms with E-state index in [1.807, 2.05) is 20.2 Å². The zero-order valence-electron chi connectivity index (χ0n) is 12.2. The molecule has 1 aliphatic heterocycles. The van der Waals surface area contributed by atoms with E-state index in [0.29, 0.717) is 24.7 Å². The third-order valence-corrected chi connectivity index (χ3v) is 3.79. The lowest BCUT2D eigenvalue weighted by Crippen LogP contribution is -2.35. The molecular formula is C15H24N2O2. The van der Waals surface area contributed by atoms with Crippen LogP contribution in [0.25, 0.3) is 0 Å². The van der Waals surface area contributed by atoms with Crippen molar-refractivity contribution in [2.75, 3.05) is 27.4 Å². The Bertz CT molecular complexity index is 421. The highest BCUT2D eigenvalue weighted by molar-refractivity contribution is 5.45. The van der Waals surface area contributed by atoms with Crippen molar-refractivity contribution in [3.8, 4) is 11.5 Å². The molecule has 1 aromatic rings. The number of fused-ring (bicyclic) bond motifs is 1. The average Bonchev–Trinajstić information content (AvgIpc) is 2.85. The molecule has 0 spiro atoms. The summed E-state index contributed by atoms with van der Waals surface area (Å²) in [5, 5.41) is 6.73. The van der Waals surface area contributed by atoms with Gasteiger partial charge in [0.15, 0.2) is 11.5 Å². The zero-order chi connectivity index (χ0) is 13.8. The van der Waals surface area contributed by atoms with Crippen molar-refractivity contribution in [1.82, 2.24) is 10.6 Å². The molecule has 0 bridgehead atoms. The summed E-state index contributed by atoms with van der Waals surface area (Å²) in [6.07, 6.45) is 0. The molecular weight excluding hydrogens is 240 g/mol. The summed E-state index contributed by atoms with van der Waals surface area (Å²) in [6, 6.07) is 6.52. The van der Waals surface area contributed by atoms with E-state index in [1.54, 1.807) is 0 Å². The standard InChI is InChI=1S/C15H24N2O2/c1-10(2)12(8-16-3)15(17-4)11-5-6-13-14(7-11)19-9-18-13/h5-7,10,12,15-17H,8-9H2,1-4H3. The molecule has 1 heterocycles. The van der Waals surface area contributed by atoms with Gasteiger partial charge in [-0.15, -0.1) is 0 Å². The monoisotopic (exact) mass is 264 g/mol. The van der Waals surface area contributed by atoms with Gasteiger partial charge in [0, 0.05) is 6.04 Å². The molecule has 0 aliphatic carbocycles. The molecule has 1 aromatic carbocycles. The molecule has 0 saturated carbocycles. The van der Waals surface area contributed by atoms with Gasteiger partial charge in [-0.2, -0.15) is 0 Å². The molecule has 0 radical (unpaired) electrons. The van der Waals surface area contributed by atoms with Gasteiger partial charge < -0.3 is 20.1 Å². The van der Waals surface area contributed by atoms with Gasteiger partial charge in [-0.05, 0) is 50.2 Å². The Morgan fingerprint density at radius 1 is 1.16 bits per heavy atom. The van der Waals surface area contributed by atoms with Crippen LogP contribution in [0.5, 0.6) is 11.5 Å². The van der Waals surface area contributed by atoms with Gasteiger partial charge in [-0.1, -0.05) is 19.9 Å². The van der Waals surface area contributed by atoms with Crippen LogP contribution in [0.3, 0.4) is 0 Å². The van der Waals surface area contributed by atoms with Crippen LogP contribution in [-0.2, 0) is 0 Å². The second kappa shape index (κ2) is 6.26. The molecule has 0 fully saturated rings. The van der Waals surface area contributed by atoms with E-state index in [0.717, 1.165) is 18.0 Å². The molecule has 0 aromatic heterocycles. The number of rotatable bonds is 6. The fraction of sp³-hybridized carbons (Fsp3) is 0.600. The first-order chi connectivity index (χ1) is 9.17. The first-order valence-corrected chi connectivity index (χ1v) is 6.88. The number of benzene rings is 1. The highest BCUT2D eigenvalue weighted by Crippen LogP contribution is 2.36. The fourth-order valence-electron chi connectivity index (χ4n) is 2.71. The summed E-state index contributed by atoms with van der Waals surface area (Å²) in [4.78, 5) is 0. The van der Waals surface area contributed by atoms with Crippen LogP contribution in [0.4, 0.5) is 0 Å². The molecule has 19 heavy (non-hydrogen) atoms. The normalized spacial score (nSPS) is 16.7. The molecule has 106 valence electrons. The molecule has 0 saturated heterocycles. The Morgan fingerprint density at radius 2 is 1.89 bits per heavy atom. The highest BCUT2D eigenvalue weighted by Gasteiger charge is 2.26. The summed E-state index contributed by atoms with van der Waals surface area (Å²) in [5.41, 5.74) is 1.25. The first-order valence-electron chi connectivity index (χ1n) is 6.88.